The van der Waals surface area contributed by atoms with Crippen LogP contribution >= 0.6 is 0 Å². The summed E-state index contributed by atoms with van der Waals surface area (Å²) in [5.41, 5.74) is 2.78. The van der Waals surface area contributed by atoms with E-state index in [1.807, 2.05) is 36.4 Å². The molecule has 1 saturated heterocycles. The van der Waals surface area contributed by atoms with E-state index in [9.17, 15) is 4.79 Å². The van der Waals surface area contributed by atoms with E-state index in [0.717, 1.165) is 30.2 Å². The Kier molecular flexibility index (Phi) is 6.16. The first kappa shape index (κ1) is 20.5. The molecule has 0 aliphatic carbocycles. The number of ether oxygens (including phenoxy) is 2. The minimum Gasteiger partial charge on any atom is -0.497 e. The highest BCUT2D eigenvalue weighted by atomic mass is 16.5. The van der Waals surface area contributed by atoms with Crippen molar-refractivity contribution in [2.45, 2.75) is 12.8 Å². The van der Waals surface area contributed by atoms with Crippen LogP contribution in [-0.2, 0) is 0 Å². The van der Waals surface area contributed by atoms with Gasteiger partial charge in [0.05, 0.1) is 25.6 Å². The maximum atomic E-state index is 12.5. The highest BCUT2D eigenvalue weighted by molar-refractivity contribution is 6.01. The predicted molar refractivity (Wildman–Crippen MR) is 121 cm³/mol. The predicted octanol–water partition coefficient (Wildman–Crippen LogP) is 4.41. The molecule has 0 atom stereocenters. The minimum absolute atomic E-state index is 0.390. The van der Waals surface area contributed by atoms with Gasteiger partial charge >= 0.3 is 6.03 Å². The van der Waals surface area contributed by atoms with Crippen LogP contribution in [-0.4, -0.2) is 43.5 Å². The Hall–Kier alpha value is -3.81. The smallest absolute Gasteiger partial charge is 0.323 e. The number of methoxy groups -OCH3 is 2. The number of amides is 2. The van der Waals surface area contributed by atoms with Gasteiger partial charge in [-0.2, -0.15) is 0 Å². The van der Waals surface area contributed by atoms with E-state index in [-0.39, 0.29) is 6.03 Å². The second-order valence-corrected chi connectivity index (χ2v) is 7.20. The van der Waals surface area contributed by atoms with Gasteiger partial charge in [0.2, 0.25) is 0 Å². The van der Waals surface area contributed by atoms with Crippen LogP contribution in [0.3, 0.4) is 0 Å². The molecule has 1 fully saturated rings. The summed E-state index contributed by atoms with van der Waals surface area (Å²) < 4.78 is 10.5. The van der Waals surface area contributed by atoms with E-state index in [4.69, 9.17) is 9.47 Å². The normalized spacial score (nSPS) is 13.0. The van der Waals surface area contributed by atoms with Crippen LogP contribution in [0.2, 0.25) is 0 Å². The van der Waals surface area contributed by atoms with Crippen molar-refractivity contribution >= 4 is 23.2 Å². The Labute approximate surface area is 181 Å². The third-order valence-electron chi connectivity index (χ3n) is 5.15. The number of aromatic nitrogens is 2. The van der Waals surface area contributed by atoms with Gasteiger partial charge in [-0.15, -0.1) is 10.2 Å². The van der Waals surface area contributed by atoms with Crippen molar-refractivity contribution in [1.82, 2.24) is 10.2 Å². The van der Waals surface area contributed by atoms with E-state index < -0.39 is 0 Å². The second kappa shape index (κ2) is 9.34. The molecule has 2 aromatic carbocycles. The third-order valence-corrected chi connectivity index (χ3v) is 5.15. The van der Waals surface area contributed by atoms with Crippen molar-refractivity contribution in [3.05, 3.63) is 54.6 Å². The molecule has 2 N–H and O–H groups in total. The molecule has 0 radical (unpaired) electrons. The zero-order valence-electron chi connectivity index (χ0n) is 17.6. The summed E-state index contributed by atoms with van der Waals surface area (Å²) in [4.78, 5) is 14.8. The summed E-state index contributed by atoms with van der Waals surface area (Å²) in [6.45, 7) is 2.06. The van der Waals surface area contributed by atoms with Crippen LogP contribution in [0.15, 0.2) is 54.6 Å². The Morgan fingerprint density at radius 1 is 0.935 bits per heavy atom. The first-order chi connectivity index (χ1) is 15.2. The summed E-state index contributed by atoms with van der Waals surface area (Å²) in [5.74, 6) is 2.06. The van der Waals surface area contributed by atoms with Gasteiger partial charge in [0, 0.05) is 30.4 Å². The summed E-state index contributed by atoms with van der Waals surface area (Å²) in [6, 6.07) is 16.3. The molecule has 0 unspecified atom stereocenters. The summed E-state index contributed by atoms with van der Waals surface area (Å²) in [7, 11) is 3.11. The van der Waals surface area contributed by atoms with Crippen molar-refractivity contribution in [2.75, 3.05) is 42.8 Å². The van der Waals surface area contributed by atoms with Crippen LogP contribution in [0.1, 0.15) is 12.8 Å². The number of nitrogens with one attached hydrogen (secondary N) is 2. The Balaban J connectivity index is 1.45. The fraction of sp³-hybridized carbons (Fsp3) is 0.261. The first-order valence-electron chi connectivity index (χ1n) is 10.2. The molecule has 1 aliphatic heterocycles. The third kappa shape index (κ3) is 4.85. The van der Waals surface area contributed by atoms with Crippen LogP contribution in [0, 0.1) is 0 Å². The molecule has 8 nitrogen and oxygen atoms in total. The molecule has 3 aromatic rings. The number of nitrogens with zero attached hydrogens (tertiary/aromatic N) is 3. The molecular formula is C23H25N5O3. The number of hydrogen-bond donors (Lipinski definition) is 2. The molecule has 4 rings (SSSR count). The lowest BCUT2D eigenvalue weighted by Crippen LogP contribution is -2.20. The van der Waals surface area contributed by atoms with E-state index in [0.29, 0.717) is 22.9 Å². The zero-order chi connectivity index (χ0) is 21.6. The van der Waals surface area contributed by atoms with Crippen LogP contribution in [0.5, 0.6) is 11.5 Å². The van der Waals surface area contributed by atoms with Gasteiger partial charge in [-0.1, -0.05) is 12.1 Å². The Morgan fingerprint density at radius 3 is 2.48 bits per heavy atom. The highest BCUT2D eigenvalue weighted by Gasteiger charge is 2.14. The van der Waals surface area contributed by atoms with Crippen LogP contribution in [0.25, 0.3) is 11.3 Å². The van der Waals surface area contributed by atoms with Gasteiger partial charge in [0.15, 0.2) is 5.82 Å². The molecule has 31 heavy (non-hydrogen) atoms. The molecule has 2 heterocycles. The van der Waals surface area contributed by atoms with Crippen molar-refractivity contribution in [2.24, 2.45) is 0 Å². The van der Waals surface area contributed by atoms with Gasteiger partial charge < -0.3 is 25.0 Å². The average Bonchev–Trinajstić information content (AvgIpc) is 3.34. The average molecular weight is 419 g/mol. The van der Waals surface area contributed by atoms with Crippen molar-refractivity contribution in [3.63, 3.8) is 0 Å². The Bertz CT molecular complexity index is 1050. The molecule has 1 aliphatic rings. The molecule has 2 amide bonds. The second-order valence-electron chi connectivity index (χ2n) is 7.20. The van der Waals surface area contributed by atoms with Gasteiger partial charge in [0.25, 0.3) is 0 Å². The number of hydrogen-bond acceptors (Lipinski definition) is 6. The van der Waals surface area contributed by atoms with Gasteiger partial charge in [0.1, 0.15) is 11.5 Å². The van der Waals surface area contributed by atoms with Crippen molar-refractivity contribution in [1.29, 1.82) is 0 Å². The molecule has 0 spiro atoms. The molecule has 0 saturated carbocycles. The van der Waals surface area contributed by atoms with E-state index in [2.05, 4.69) is 25.7 Å². The fourth-order valence-electron chi connectivity index (χ4n) is 3.55. The monoisotopic (exact) mass is 419 g/mol. The number of carbonyl (C=O) groups is 1. The van der Waals surface area contributed by atoms with Crippen LogP contribution < -0.4 is 25.0 Å². The quantitative estimate of drug-likeness (QED) is 0.615. The Morgan fingerprint density at radius 2 is 1.77 bits per heavy atom. The van der Waals surface area contributed by atoms with E-state index >= 15 is 0 Å². The van der Waals surface area contributed by atoms with Gasteiger partial charge in [-0.25, -0.2) is 4.79 Å². The van der Waals surface area contributed by atoms with Crippen molar-refractivity contribution in [3.8, 4) is 22.8 Å². The lowest BCUT2D eigenvalue weighted by molar-refractivity contribution is 0.262. The zero-order valence-corrected chi connectivity index (χ0v) is 17.6. The molecule has 160 valence electrons. The maximum Gasteiger partial charge on any atom is 0.323 e. The summed E-state index contributed by atoms with van der Waals surface area (Å²) in [5, 5.41) is 14.4. The van der Waals surface area contributed by atoms with Crippen LogP contribution in [0.4, 0.5) is 22.0 Å². The number of anilines is 3. The maximum absolute atomic E-state index is 12.5. The van der Waals surface area contributed by atoms with Gasteiger partial charge in [-0.05, 0) is 49.2 Å². The van der Waals surface area contributed by atoms with E-state index in [1.54, 1.807) is 32.4 Å². The topological polar surface area (TPSA) is 88.6 Å². The lowest BCUT2D eigenvalue weighted by Gasteiger charge is -2.15. The largest absolute Gasteiger partial charge is 0.497 e. The molecule has 1 aromatic heterocycles. The fourth-order valence-corrected chi connectivity index (χ4v) is 3.55. The standard InChI is InChI=1S/C23H25N5O3/c1-30-18-8-10-21(31-2)20(15-18)25-23(29)24-17-7-5-6-16(14-17)19-9-11-22(27-26-19)28-12-3-4-13-28/h5-11,14-15H,3-4,12-13H2,1-2H3,(H2,24,25,29). The summed E-state index contributed by atoms with van der Waals surface area (Å²) in [6.07, 6.45) is 2.39. The number of rotatable bonds is 6. The highest BCUT2D eigenvalue weighted by Crippen LogP contribution is 2.29. The molecule has 8 heteroatoms. The minimum atomic E-state index is -0.390. The molecule has 0 bridgehead atoms. The summed E-state index contributed by atoms with van der Waals surface area (Å²) >= 11 is 0. The molecular weight excluding hydrogens is 394 g/mol. The SMILES string of the molecule is COc1ccc(OC)c(NC(=O)Nc2cccc(-c3ccc(N4CCCC4)nn3)c2)c1. The first-order valence-corrected chi connectivity index (χ1v) is 10.2. The van der Waals surface area contributed by atoms with Crippen molar-refractivity contribution < 1.29 is 14.3 Å². The lowest BCUT2D eigenvalue weighted by atomic mass is 10.1. The number of urea groups is 1. The number of carbonyl (C=O) groups excluding carboxylic acids is 1. The van der Waals surface area contributed by atoms with Gasteiger partial charge in [-0.3, -0.25) is 0 Å². The van der Waals surface area contributed by atoms with E-state index in [1.165, 1.54) is 12.8 Å². The number of benzene rings is 2.